The van der Waals surface area contributed by atoms with Crippen LogP contribution in [0.4, 0.5) is 0 Å². The zero-order valence-electron chi connectivity index (χ0n) is 15.6. The number of nitrogens with one attached hydrogen (secondary N) is 2. The van der Waals surface area contributed by atoms with Gasteiger partial charge in [0.05, 0.1) is 6.54 Å². The van der Waals surface area contributed by atoms with E-state index in [0.717, 1.165) is 30.6 Å². The summed E-state index contributed by atoms with van der Waals surface area (Å²) < 4.78 is 5.24. The molecule has 26 heavy (non-hydrogen) atoms. The highest BCUT2D eigenvalue weighted by molar-refractivity contribution is 14.0. The van der Waals surface area contributed by atoms with Gasteiger partial charge in [0.15, 0.2) is 11.8 Å². The Morgan fingerprint density at radius 3 is 2.65 bits per heavy atom. The molecule has 1 aromatic carbocycles. The molecule has 0 amide bonds. The number of hydrogen-bond acceptors (Lipinski definition) is 5. The number of aliphatic imine (C=N–C) groups is 1. The Morgan fingerprint density at radius 2 is 2.00 bits per heavy atom. The van der Waals surface area contributed by atoms with Gasteiger partial charge >= 0.3 is 0 Å². The molecular weight excluding hydrogens is 461 g/mol. The van der Waals surface area contributed by atoms with Gasteiger partial charge in [-0.3, -0.25) is 4.99 Å². The first-order valence-corrected chi connectivity index (χ1v) is 9.70. The van der Waals surface area contributed by atoms with Crippen LogP contribution in [0.5, 0.6) is 0 Å². The second-order valence-electron chi connectivity index (χ2n) is 5.80. The minimum absolute atomic E-state index is 0. The lowest BCUT2D eigenvalue weighted by Gasteiger charge is -2.10. The van der Waals surface area contributed by atoms with E-state index in [0.29, 0.717) is 18.9 Å². The fourth-order valence-corrected chi connectivity index (χ4v) is 2.85. The Bertz CT molecular complexity index is 648. The van der Waals surface area contributed by atoms with Gasteiger partial charge in [-0.1, -0.05) is 37.2 Å². The zero-order valence-corrected chi connectivity index (χ0v) is 18.7. The van der Waals surface area contributed by atoms with E-state index in [1.54, 1.807) is 0 Å². The summed E-state index contributed by atoms with van der Waals surface area (Å²) in [6, 6.07) is 10.4. The number of nitrogens with zero attached hydrogens (tertiary/aromatic N) is 3. The molecule has 1 aromatic heterocycles. The Kier molecular flexibility index (Phi) is 11.3. The SMILES string of the molecule is CCNC(=NCCc1nc(C(C)C)no1)NCCSc1ccccc1.I. The summed E-state index contributed by atoms with van der Waals surface area (Å²) in [6.07, 6.45) is 0.648. The molecule has 0 radical (unpaired) electrons. The third kappa shape index (κ3) is 8.39. The molecule has 1 heterocycles. The van der Waals surface area contributed by atoms with Crippen molar-refractivity contribution in [3.8, 4) is 0 Å². The van der Waals surface area contributed by atoms with Crippen molar-refractivity contribution in [3.05, 3.63) is 42.0 Å². The lowest BCUT2D eigenvalue weighted by molar-refractivity contribution is 0.372. The highest BCUT2D eigenvalue weighted by Crippen LogP contribution is 2.15. The normalized spacial score (nSPS) is 11.3. The lowest BCUT2D eigenvalue weighted by Crippen LogP contribution is -2.38. The van der Waals surface area contributed by atoms with E-state index in [1.807, 2.05) is 31.7 Å². The van der Waals surface area contributed by atoms with Crippen molar-refractivity contribution in [2.75, 3.05) is 25.4 Å². The lowest BCUT2D eigenvalue weighted by atomic mass is 10.2. The predicted octanol–water partition coefficient (Wildman–Crippen LogP) is 3.70. The van der Waals surface area contributed by atoms with Crippen molar-refractivity contribution in [1.82, 2.24) is 20.8 Å². The molecule has 0 bridgehead atoms. The molecule has 0 unspecified atom stereocenters. The molecular formula is C18H28IN5OS. The van der Waals surface area contributed by atoms with Crippen LogP contribution in [0, 0.1) is 0 Å². The monoisotopic (exact) mass is 489 g/mol. The summed E-state index contributed by atoms with van der Waals surface area (Å²) in [5.41, 5.74) is 0. The van der Waals surface area contributed by atoms with E-state index >= 15 is 0 Å². The van der Waals surface area contributed by atoms with Crippen LogP contribution in [-0.2, 0) is 6.42 Å². The van der Waals surface area contributed by atoms with Crippen LogP contribution in [0.2, 0.25) is 0 Å². The van der Waals surface area contributed by atoms with Gasteiger partial charge < -0.3 is 15.2 Å². The number of benzene rings is 1. The molecule has 144 valence electrons. The largest absolute Gasteiger partial charge is 0.357 e. The van der Waals surface area contributed by atoms with E-state index in [-0.39, 0.29) is 29.9 Å². The molecule has 0 aliphatic rings. The fraction of sp³-hybridized carbons (Fsp3) is 0.500. The fourth-order valence-electron chi connectivity index (χ4n) is 2.06. The number of hydrogen-bond donors (Lipinski definition) is 2. The molecule has 6 nitrogen and oxygen atoms in total. The van der Waals surface area contributed by atoms with Gasteiger partial charge in [-0.25, -0.2) is 0 Å². The van der Waals surface area contributed by atoms with E-state index < -0.39 is 0 Å². The highest BCUT2D eigenvalue weighted by Gasteiger charge is 2.09. The van der Waals surface area contributed by atoms with Crippen LogP contribution in [0.25, 0.3) is 0 Å². The summed E-state index contributed by atoms with van der Waals surface area (Å²) in [6.45, 7) is 8.45. The average molecular weight is 489 g/mol. The van der Waals surface area contributed by atoms with Gasteiger partial charge in [0, 0.05) is 36.1 Å². The molecule has 0 saturated carbocycles. The maximum atomic E-state index is 5.24. The van der Waals surface area contributed by atoms with Crippen molar-refractivity contribution >= 4 is 41.7 Å². The van der Waals surface area contributed by atoms with Gasteiger partial charge in [0.25, 0.3) is 0 Å². The van der Waals surface area contributed by atoms with Crippen molar-refractivity contribution in [2.45, 2.75) is 38.0 Å². The van der Waals surface area contributed by atoms with Crippen LogP contribution in [0.15, 0.2) is 44.7 Å². The number of aromatic nitrogens is 2. The van der Waals surface area contributed by atoms with Gasteiger partial charge in [0.1, 0.15) is 0 Å². The maximum Gasteiger partial charge on any atom is 0.228 e. The minimum atomic E-state index is 0. The first-order valence-electron chi connectivity index (χ1n) is 8.71. The van der Waals surface area contributed by atoms with Gasteiger partial charge in [-0.05, 0) is 19.1 Å². The summed E-state index contributed by atoms with van der Waals surface area (Å²) in [7, 11) is 0. The molecule has 0 fully saturated rings. The number of halogens is 1. The third-order valence-electron chi connectivity index (χ3n) is 3.35. The highest BCUT2D eigenvalue weighted by atomic mass is 127. The third-order valence-corrected chi connectivity index (χ3v) is 4.36. The maximum absolute atomic E-state index is 5.24. The molecule has 0 saturated heterocycles. The Labute approximate surface area is 177 Å². The van der Waals surface area contributed by atoms with Crippen molar-refractivity contribution in [2.24, 2.45) is 4.99 Å². The van der Waals surface area contributed by atoms with Crippen molar-refractivity contribution < 1.29 is 4.52 Å². The molecule has 0 aliphatic heterocycles. The molecule has 2 N–H and O–H groups in total. The first kappa shape index (κ1) is 22.8. The number of thioether (sulfide) groups is 1. The van der Waals surface area contributed by atoms with Crippen LogP contribution in [0.1, 0.15) is 38.4 Å². The summed E-state index contributed by atoms with van der Waals surface area (Å²) in [5, 5.41) is 10.6. The summed E-state index contributed by atoms with van der Waals surface area (Å²) >= 11 is 1.83. The first-order chi connectivity index (χ1) is 12.2. The summed E-state index contributed by atoms with van der Waals surface area (Å²) in [4.78, 5) is 10.2. The second-order valence-corrected chi connectivity index (χ2v) is 6.97. The molecule has 2 aromatic rings. The smallest absolute Gasteiger partial charge is 0.228 e. The van der Waals surface area contributed by atoms with Crippen LogP contribution in [-0.4, -0.2) is 41.5 Å². The second kappa shape index (κ2) is 13.0. The van der Waals surface area contributed by atoms with E-state index in [1.165, 1.54) is 4.90 Å². The number of guanidine groups is 1. The molecule has 8 heteroatoms. The van der Waals surface area contributed by atoms with Gasteiger partial charge in [-0.15, -0.1) is 35.7 Å². The predicted molar refractivity (Wildman–Crippen MR) is 119 cm³/mol. The van der Waals surface area contributed by atoms with Gasteiger partial charge in [-0.2, -0.15) is 4.98 Å². The molecule has 0 aliphatic carbocycles. The molecule has 0 spiro atoms. The Balaban J connectivity index is 0.00000338. The Morgan fingerprint density at radius 1 is 1.23 bits per heavy atom. The quantitative estimate of drug-likeness (QED) is 0.184. The average Bonchev–Trinajstić information content (AvgIpc) is 3.09. The summed E-state index contributed by atoms with van der Waals surface area (Å²) in [5.74, 6) is 3.47. The van der Waals surface area contributed by atoms with Crippen molar-refractivity contribution in [3.63, 3.8) is 0 Å². The van der Waals surface area contributed by atoms with Crippen LogP contribution < -0.4 is 10.6 Å². The van der Waals surface area contributed by atoms with E-state index in [2.05, 4.69) is 57.0 Å². The molecule has 2 rings (SSSR count). The zero-order chi connectivity index (χ0) is 17.9. The van der Waals surface area contributed by atoms with Crippen LogP contribution in [0.3, 0.4) is 0 Å². The Hall–Kier alpha value is -1.29. The minimum Gasteiger partial charge on any atom is -0.357 e. The van der Waals surface area contributed by atoms with Crippen LogP contribution >= 0.6 is 35.7 Å². The molecule has 0 atom stereocenters. The van der Waals surface area contributed by atoms with E-state index in [4.69, 9.17) is 4.52 Å². The van der Waals surface area contributed by atoms with Crippen molar-refractivity contribution in [1.29, 1.82) is 0 Å². The number of rotatable bonds is 9. The topological polar surface area (TPSA) is 75.3 Å². The van der Waals surface area contributed by atoms with E-state index in [9.17, 15) is 0 Å². The van der Waals surface area contributed by atoms with Gasteiger partial charge in [0.2, 0.25) is 5.89 Å². The standard InChI is InChI=1S/C18H27N5OS.HI/c1-4-19-18(21-12-13-25-15-8-6-5-7-9-15)20-11-10-16-22-17(14(2)3)23-24-16;/h5-9,14H,4,10-13H2,1-3H3,(H2,19,20,21);1H.